The van der Waals surface area contributed by atoms with Crippen LogP contribution in [-0.2, 0) is 6.54 Å². The molecule has 4 heteroatoms. The molecule has 28 heavy (non-hydrogen) atoms. The van der Waals surface area contributed by atoms with E-state index in [1.165, 1.54) is 5.56 Å². The predicted molar refractivity (Wildman–Crippen MR) is 113 cm³/mol. The maximum Gasteiger partial charge on any atom is 0.255 e. The fourth-order valence-corrected chi connectivity index (χ4v) is 2.91. The zero-order valence-corrected chi connectivity index (χ0v) is 16.4. The van der Waals surface area contributed by atoms with Gasteiger partial charge in [-0.15, -0.1) is 0 Å². The van der Waals surface area contributed by atoms with E-state index in [4.69, 9.17) is 0 Å². The topological polar surface area (TPSA) is 58.2 Å². The van der Waals surface area contributed by atoms with E-state index in [-0.39, 0.29) is 11.8 Å². The van der Waals surface area contributed by atoms with Gasteiger partial charge in [0.15, 0.2) is 0 Å². The lowest BCUT2D eigenvalue weighted by atomic mass is 10.1. The van der Waals surface area contributed by atoms with Crippen molar-refractivity contribution in [2.45, 2.75) is 27.3 Å². The maximum atomic E-state index is 12.5. The highest BCUT2D eigenvalue weighted by atomic mass is 16.2. The second-order valence-electron chi connectivity index (χ2n) is 7.02. The molecule has 0 radical (unpaired) electrons. The second-order valence-corrected chi connectivity index (χ2v) is 7.02. The molecule has 0 saturated carbocycles. The fraction of sp³-hybridized carbons (Fsp3) is 0.167. The quantitative estimate of drug-likeness (QED) is 0.676. The highest BCUT2D eigenvalue weighted by Crippen LogP contribution is 2.17. The van der Waals surface area contributed by atoms with Crippen LogP contribution in [0.5, 0.6) is 0 Å². The zero-order valence-electron chi connectivity index (χ0n) is 16.4. The van der Waals surface area contributed by atoms with Crippen LogP contribution < -0.4 is 10.6 Å². The summed E-state index contributed by atoms with van der Waals surface area (Å²) < 4.78 is 0. The maximum absolute atomic E-state index is 12.5. The first kappa shape index (κ1) is 19.4. The van der Waals surface area contributed by atoms with Gasteiger partial charge in [-0.05, 0) is 62.2 Å². The van der Waals surface area contributed by atoms with Gasteiger partial charge in [-0.1, -0.05) is 47.5 Å². The average molecular weight is 372 g/mol. The van der Waals surface area contributed by atoms with Gasteiger partial charge in [0.2, 0.25) is 0 Å². The number of benzene rings is 3. The van der Waals surface area contributed by atoms with E-state index in [1.54, 1.807) is 24.3 Å². The summed E-state index contributed by atoms with van der Waals surface area (Å²) in [5.41, 5.74) is 6.21. The first-order chi connectivity index (χ1) is 13.4. The van der Waals surface area contributed by atoms with Gasteiger partial charge in [-0.25, -0.2) is 0 Å². The van der Waals surface area contributed by atoms with Crippen LogP contribution in [0.25, 0.3) is 0 Å². The van der Waals surface area contributed by atoms with Crippen molar-refractivity contribution in [3.05, 3.63) is 100 Å². The van der Waals surface area contributed by atoms with Crippen molar-refractivity contribution in [1.29, 1.82) is 0 Å². The molecule has 0 spiro atoms. The summed E-state index contributed by atoms with van der Waals surface area (Å²) in [6.45, 7) is 6.47. The SMILES string of the molecule is Cc1ccc(CNC(=O)c2ccc(C(=O)Nc3ccc(C)cc3C)cc2)cc1. The number of rotatable bonds is 5. The van der Waals surface area contributed by atoms with Gasteiger partial charge in [0.1, 0.15) is 0 Å². The van der Waals surface area contributed by atoms with Gasteiger partial charge in [0.25, 0.3) is 11.8 Å². The molecule has 0 fully saturated rings. The van der Waals surface area contributed by atoms with Crippen LogP contribution in [0.1, 0.15) is 43.0 Å². The molecule has 0 aliphatic carbocycles. The molecule has 3 rings (SSSR count). The van der Waals surface area contributed by atoms with Crippen molar-refractivity contribution in [1.82, 2.24) is 5.32 Å². The van der Waals surface area contributed by atoms with Gasteiger partial charge in [-0.3, -0.25) is 9.59 Å². The third-order valence-electron chi connectivity index (χ3n) is 4.61. The fourth-order valence-electron chi connectivity index (χ4n) is 2.91. The summed E-state index contributed by atoms with van der Waals surface area (Å²) in [5.74, 6) is -0.361. The third-order valence-corrected chi connectivity index (χ3v) is 4.61. The van der Waals surface area contributed by atoms with Crippen molar-refractivity contribution < 1.29 is 9.59 Å². The number of aryl methyl sites for hydroxylation is 3. The lowest BCUT2D eigenvalue weighted by Gasteiger charge is -2.10. The van der Waals surface area contributed by atoms with Crippen molar-refractivity contribution >= 4 is 17.5 Å². The molecule has 2 N–H and O–H groups in total. The molecule has 4 nitrogen and oxygen atoms in total. The summed E-state index contributed by atoms with van der Waals surface area (Å²) >= 11 is 0. The Morgan fingerprint density at radius 3 is 1.89 bits per heavy atom. The molecule has 3 aromatic carbocycles. The van der Waals surface area contributed by atoms with Crippen LogP contribution in [0.2, 0.25) is 0 Å². The van der Waals surface area contributed by atoms with Crippen LogP contribution in [0.3, 0.4) is 0 Å². The third kappa shape index (κ3) is 4.86. The van der Waals surface area contributed by atoms with E-state index in [0.29, 0.717) is 17.7 Å². The normalized spacial score (nSPS) is 10.4. The van der Waals surface area contributed by atoms with Gasteiger partial charge in [0, 0.05) is 23.4 Å². The van der Waals surface area contributed by atoms with Crippen molar-refractivity contribution in [3.63, 3.8) is 0 Å². The standard InChI is InChI=1S/C24H24N2O2/c1-16-4-7-19(8-5-16)15-25-23(27)20-9-11-21(12-10-20)24(28)26-22-13-6-17(2)14-18(22)3/h4-14H,15H2,1-3H3,(H,25,27)(H,26,28). The number of carbonyl (C=O) groups is 2. The second kappa shape index (κ2) is 8.53. The zero-order chi connectivity index (χ0) is 20.1. The Morgan fingerprint density at radius 2 is 1.29 bits per heavy atom. The lowest BCUT2D eigenvalue weighted by molar-refractivity contribution is 0.0949. The van der Waals surface area contributed by atoms with Gasteiger partial charge < -0.3 is 10.6 Å². The Kier molecular flexibility index (Phi) is 5.90. The summed E-state index contributed by atoms with van der Waals surface area (Å²) in [6, 6.07) is 20.6. The lowest BCUT2D eigenvalue weighted by Crippen LogP contribution is -2.23. The summed E-state index contributed by atoms with van der Waals surface area (Å²) in [5, 5.41) is 5.81. The number of nitrogens with one attached hydrogen (secondary N) is 2. The largest absolute Gasteiger partial charge is 0.348 e. The van der Waals surface area contributed by atoms with E-state index in [9.17, 15) is 9.59 Å². The molecule has 2 amide bonds. The van der Waals surface area contributed by atoms with E-state index < -0.39 is 0 Å². The Balaban J connectivity index is 1.61. The Labute approximate surface area is 165 Å². The van der Waals surface area contributed by atoms with Gasteiger partial charge >= 0.3 is 0 Å². The average Bonchev–Trinajstić information content (AvgIpc) is 2.69. The Morgan fingerprint density at radius 1 is 0.714 bits per heavy atom. The number of hydrogen-bond acceptors (Lipinski definition) is 2. The van der Waals surface area contributed by atoms with Crippen LogP contribution in [0.15, 0.2) is 66.7 Å². The minimum absolute atomic E-state index is 0.165. The molecule has 3 aromatic rings. The molecule has 142 valence electrons. The number of hydrogen-bond donors (Lipinski definition) is 2. The molecule has 0 unspecified atom stereocenters. The molecular formula is C24H24N2O2. The van der Waals surface area contributed by atoms with E-state index in [2.05, 4.69) is 10.6 Å². The molecule has 0 saturated heterocycles. The van der Waals surface area contributed by atoms with E-state index >= 15 is 0 Å². The highest BCUT2D eigenvalue weighted by Gasteiger charge is 2.10. The first-order valence-corrected chi connectivity index (χ1v) is 9.25. The van der Waals surface area contributed by atoms with Crippen LogP contribution in [0, 0.1) is 20.8 Å². The Hall–Kier alpha value is -3.40. The summed E-state index contributed by atoms with van der Waals surface area (Å²) in [6.07, 6.45) is 0. The van der Waals surface area contributed by atoms with Crippen molar-refractivity contribution in [2.24, 2.45) is 0 Å². The summed E-state index contributed by atoms with van der Waals surface area (Å²) in [7, 11) is 0. The number of carbonyl (C=O) groups excluding carboxylic acids is 2. The minimum atomic E-state index is -0.196. The predicted octanol–water partition coefficient (Wildman–Crippen LogP) is 4.79. The van der Waals surface area contributed by atoms with Gasteiger partial charge in [0.05, 0.1) is 0 Å². The van der Waals surface area contributed by atoms with Gasteiger partial charge in [-0.2, -0.15) is 0 Å². The van der Waals surface area contributed by atoms with Crippen LogP contribution in [0.4, 0.5) is 5.69 Å². The van der Waals surface area contributed by atoms with Crippen LogP contribution in [-0.4, -0.2) is 11.8 Å². The summed E-state index contributed by atoms with van der Waals surface area (Å²) in [4.78, 5) is 24.8. The molecule has 0 heterocycles. The first-order valence-electron chi connectivity index (χ1n) is 9.25. The molecule has 0 bridgehead atoms. The van der Waals surface area contributed by atoms with Crippen LogP contribution >= 0.6 is 0 Å². The molecule has 0 aliphatic heterocycles. The molecule has 0 aromatic heterocycles. The number of anilines is 1. The van der Waals surface area contributed by atoms with E-state index in [1.807, 2.05) is 63.2 Å². The van der Waals surface area contributed by atoms with Crippen molar-refractivity contribution in [2.75, 3.05) is 5.32 Å². The highest BCUT2D eigenvalue weighted by molar-refractivity contribution is 6.05. The number of amides is 2. The van der Waals surface area contributed by atoms with E-state index in [0.717, 1.165) is 22.4 Å². The monoisotopic (exact) mass is 372 g/mol. The van der Waals surface area contributed by atoms with Crippen molar-refractivity contribution in [3.8, 4) is 0 Å². The molecule has 0 aliphatic rings. The molecule has 0 atom stereocenters. The minimum Gasteiger partial charge on any atom is -0.348 e. The Bertz CT molecular complexity index is 990. The molecular weight excluding hydrogens is 348 g/mol. The smallest absolute Gasteiger partial charge is 0.255 e.